The lowest BCUT2D eigenvalue weighted by molar-refractivity contribution is 0.148. The summed E-state index contributed by atoms with van der Waals surface area (Å²) < 4.78 is 0. The fraction of sp³-hybridized carbons (Fsp3) is 1.00. The van der Waals surface area contributed by atoms with Gasteiger partial charge in [0.2, 0.25) is 0 Å². The zero-order chi connectivity index (χ0) is 9.26. The van der Waals surface area contributed by atoms with E-state index >= 15 is 0 Å². The number of nitrogens with zero attached hydrogens (tertiary/aromatic N) is 1. The minimum Gasteiger partial charge on any atom is -0.297 e. The van der Waals surface area contributed by atoms with Gasteiger partial charge in [-0.3, -0.25) is 4.90 Å². The lowest BCUT2D eigenvalue weighted by Crippen LogP contribution is -2.40. The lowest BCUT2D eigenvalue weighted by Gasteiger charge is -2.32. The second-order valence-corrected chi connectivity index (χ2v) is 5.13. The average Bonchev–Trinajstić information content (AvgIpc) is 2.74. The highest BCUT2D eigenvalue weighted by Crippen LogP contribution is 2.32. The van der Waals surface area contributed by atoms with Crippen LogP contribution in [0.5, 0.6) is 0 Å². The van der Waals surface area contributed by atoms with Crippen LogP contribution < -0.4 is 0 Å². The molecule has 2 rings (SSSR count). The first-order valence-electron chi connectivity index (χ1n) is 6.05. The van der Waals surface area contributed by atoms with Crippen molar-refractivity contribution in [3.63, 3.8) is 0 Å². The van der Waals surface area contributed by atoms with Crippen LogP contribution in [0.25, 0.3) is 0 Å². The van der Waals surface area contributed by atoms with Gasteiger partial charge in [0, 0.05) is 12.1 Å². The predicted octanol–water partition coefficient (Wildman–Crippen LogP) is 3.05. The second kappa shape index (κ2) is 4.00. The molecule has 0 bridgehead atoms. The normalized spacial score (nSPS) is 32.1. The van der Waals surface area contributed by atoms with Gasteiger partial charge in [0.15, 0.2) is 0 Å². The molecule has 0 radical (unpaired) electrons. The van der Waals surface area contributed by atoms with E-state index in [0.29, 0.717) is 0 Å². The molecule has 2 aliphatic rings. The van der Waals surface area contributed by atoms with Crippen LogP contribution in [-0.2, 0) is 0 Å². The molecule has 0 aromatic carbocycles. The summed E-state index contributed by atoms with van der Waals surface area (Å²) in [5, 5.41) is 0. The van der Waals surface area contributed by atoms with Crippen molar-refractivity contribution < 1.29 is 0 Å². The Kier molecular flexibility index (Phi) is 2.92. The standard InChI is InChI=1S/C12H23N/c1-10(2)12-8-5-9-13(12)11-6-3-4-7-11/h10-12H,3-9H2,1-2H3/t12-/m0/s1. The summed E-state index contributed by atoms with van der Waals surface area (Å²) in [7, 11) is 0. The molecule has 1 heteroatoms. The Labute approximate surface area is 82.5 Å². The van der Waals surface area contributed by atoms with Crippen molar-refractivity contribution in [1.29, 1.82) is 0 Å². The third kappa shape index (κ3) is 1.90. The van der Waals surface area contributed by atoms with Crippen LogP contribution in [0.1, 0.15) is 52.4 Å². The molecule has 1 heterocycles. The number of hydrogen-bond acceptors (Lipinski definition) is 1. The Hall–Kier alpha value is -0.0400. The van der Waals surface area contributed by atoms with E-state index in [2.05, 4.69) is 18.7 Å². The monoisotopic (exact) mass is 181 g/mol. The smallest absolute Gasteiger partial charge is 0.0122 e. The van der Waals surface area contributed by atoms with E-state index < -0.39 is 0 Å². The van der Waals surface area contributed by atoms with Gasteiger partial charge in [-0.15, -0.1) is 0 Å². The fourth-order valence-corrected chi connectivity index (χ4v) is 3.22. The van der Waals surface area contributed by atoms with Crippen LogP contribution in [0, 0.1) is 5.92 Å². The van der Waals surface area contributed by atoms with Crippen molar-refractivity contribution >= 4 is 0 Å². The van der Waals surface area contributed by atoms with Crippen LogP contribution >= 0.6 is 0 Å². The third-order valence-electron chi connectivity index (χ3n) is 3.91. The molecule has 1 atom stereocenters. The highest BCUT2D eigenvalue weighted by molar-refractivity contribution is 4.88. The summed E-state index contributed by atoms with van der Waals surface area (Å²) in [6.45, 7) is 6.16. The molecule has 13 heavy (non-hydrogen) atoms. The second-order valence-electron chi connectivity index (χ2n) is 5.13. The van der Waals surface area contributed by atoms with Gasteiger partial charge in [-0.05, 0) is 38.1 Å². The number of rotatable bonds is 2. The summed E-state index contributed by atoms with van der Waals surface area (Å²) >= 11 is 0. The minimum atomic E-state index is 0.864. The Balaban J connectivity index is 1.96. The van der Waals surface area contributed by atoms with Crippen LogP contribution in [0.3, 0.4) is 0 Å². The van der Waals surface area contributed by atoms with Crippen molar-refractivity contribution in [1.82, 2.24) is 4.90 Å². The summed E-state index contributed by atoms with van der Waals surface area (Å²) in [5.41, 5.74) is 0. The molecule has 0 aromatic rings. The van der Waals surface area contributed by atoms with Gasteiger partial charge in [-0.1, -0.05) is 26.7 Å². The number of likely N-dealkylation sites (tertiary alicyclic amines) is 1. The zero-order valence-corrected chi connectivity index (χ0v) is 9.13. The minimum absolute atomic E-state index is 0.864. The van der Waals surface area contributed by atoms with Crippen molar-refractivity contribution in [2.24, 2.45) is 5.92 Å². The maximum absolute atomic E-state index is 2.82. The summed E-state index contributed by atoms with van der Waals surface area (Å²) in [5.74, 6) is 0.864. The molecular formula is C12H23N. The van der Waals surface area contributed by atoms with Crippen molar-refractivity contribution in [2.45, 2.75) is 64.5 Å². The zero-order valence-electron chi connectivity index (χ0n) is 9.13. The van der Waals surface area contributed by atoms with E-state index in [1.54, 1.807) is 0 Å². The first kappa shape index (κ1) is 9.51. The van der Waals surface area contributed by atoms with Gasteiger partial charge in [0.1, 0.15) is 0 Å². The molecule has 0 spiro atoms. The molecule has 1 saturated heterocycles. The van der Waals surface area contributed by atoms with Crippen LogP contribution in [0.15, 0.2) is 0 Å². The molecule has 0 aromatic heterocycles. The van der Waals surface area contributed by atoms with Crippen LogP contribution in [0.4, 0.5) is 0 Å². The molecule has 0 amide bonds. The Morgan fingerprint density at radius 3 is 2.31 bits per heavy atom. The highest BCUT2D eigenvalue weighted by Gasteiger charge is 2.33. The molecule has 1 aliphatic heterocycles. The largest absolute Gasteiger partial charge is 0.297 e. The maximum Gasteiger partial charge on any atom is 0.0122 e. The van der Waals surface area contributed by atoms with Gasteiger partial charge in [-0.2, -0.15) is 0 Å². The van der Waals surface area contributed by atoms with E-state index in [9.17, 15) is 0 Å². The molecule has 0 unspecified atom stereocenters. The van der Waals surface area contributed by atoms with Gasteiger partial charge >= 0.3 is 0 Å². The van der Waals surface area contributed by atoms with E-state index in [1.165, 1.54) is 45.1 Å². The molecule has 1 aliphatic carbocycles. The first-order chi connectivity index (χ1) is 6.29. The summed E-state index contributed by atoms with van der Waals surface area (Å²) in [4.78, 5) is 2.82. The first-order valence-corrected chi connectivity index (χ1v) is 6.05. The van der Waals surface area contributed by atoms with Gasteiger partial charge in [-0.25, -0.2) is 0 Å². The van der Waals surface area contributed by atoms with Gasteiger partial charge in [0.25, 0.3) is 0 Å². The van der Waals surface area contributed by atoms with E-state index in [0.717, 1.165) is 18.0 Å². The Morgan fingerprint density at radius 2 is 1.69 bits per heavy atom. The van der Waals surface area contributed by atoms with E-state index in [-0.39, 0.29) is 0 Å². The summed E-state index contributed by atoms with van der Waals surface area (Å²) in [6, 6.07) is 1.86. The Bertz CT molecular complexity index is 159. The lowest BCUT2D eigenvalue weighted by atomic mass is 10.0. The number of hydrogen-bond donors (Lipinski definition) is 0. The van der Waals surface area contributed by atoms with Crippen molar-refractivity contribution in [3.05, 3.63) is 0 Å². The Morgan fingerprint density at radius 1 is 1.00 bits per heavy atom. The quantitative estimate of drug-likeness (QED) is 0.633. The molecule has 1 saturated carbocycles. The summed E-state index contributed by atoms with van der Waals surface area (Å²) in [6.07, 6.45) is 8.80. The molecule has 1 nitrogen and oxygen atoms in total. The van der Waals surface area contributed by atoms with Crippen LogP contribution in [-0.4, -0.2) is 23.5 Å². The van der Waals surface area contributed by atoms with Crippen LogP contribution in [0.2, 0.25) is 0 Å². The molecule has 76 valence electrons. The molecule has 2 fully saturated rings. The van der Waals surface area contributed by atoms with Gasteiger partial charge in [0.05, 0.1) is 0 Å². The highest BCUT2D eigenvalue weighted by atomic mass is 15.2. The third-order valence-corrected chi connectivity index (χ3v) is 3.91. The van der Waals surface area contributed by atoms with Crippen molar-refractivity contribution in [3.8, 4) is 0 Å². The maximum atomic E-state index is 2.82. The predicted molar refractivity (Wildman–Crippen MR) is 56.8 cm³/mol. The molecule has 0 N–H and O–H groups in total. The van der Waals surface area contributed by atoms with Gasteiger partial charge < -0.3 is 0 Å². The average molecular weight is 181 g/mol. The molecular weight excluding hydrogens is 158 g/mol. The topological polar surface area (TPSA) is 3.24 Å². The van der Waals surface area contributed by atoms with E-state index in [1.807, 2.05) is 0 Å². The fourth-order valence-electron chi connectivity index (χ4n) is 3.22. The SMILES string of the molecule is CC(C)[C@@H]1CCCN1C1CCCC1. The van der Waals surface area contributed by atoms with E-state index in [4.69, 9.17) is 0 Å². The van der Waals surface area contributed by atoms with Crippen molar-refractivity contribution in [2.75, 3.05) is 6.54 Å².